The van der Waals surface area contributed by atoms with Crippen LogP contribution in [0, 0.1) is 35.3 Å². The minimum absolute atomic E-state index is 0.254. The molecule has 4 aromatic rings. The number of fused-ring (bicyclic) bond motifs is 1. The molecule has 4 rings (SSSR count). The Labute approximate surface area is 193 Å². The van der Waals surface area contributed by atoms with Gasteiger partial charge in [-0.05, 0) is 78.4 Å². The van der Waals surface area contributed by atoms with Crippen molar-refractivity contribution in [2.75, 3.05) is 13.7 Å². The summed E-state index contributed by atoms with van der Waals surface area (Å²) in [7, 11) is 1.72. The quantitative estimate of drug-likeness (QED) is 0.262. The van der Waals surface area contributed by atoms with Crippen LogP contribution in [0.2, 0.25) is 0 Å². The standard InChI is InChI=1S/C30H22F2O/c1-33-20-2-3-22-4-6-23(7-5-22)8-9-24-10-12-25(13-11-24)14-15-26-16-18-28-27(21-26)17-19-29(31)30(28)32/h4-7,10-13,16-19,21H,2-3,20H2,1H3. The van der Waals surface area contributed by atoms with E-state index in [0.29, 0.717) is 5.39 Å². The van der Waals surface area contributed by atoms with Gasteiger partial charge in [-0.3, -0.25) is 0 Å². The molecule has 0 aromatic heterocycles. The predicted molar refractivity (Wildman–Crippen MR) is 129 cm³/mol. The molecule has 0 atom stereocenters. The highest BCUT2D eigenvalue weighted by Crippen LogP contribution is 2.21. The zero-order valence-electron chi connectivity index (χ0n) is 18.3. The Bertz CT molecular complexity index is 1380. The van der Waals surface area contributed by atoms with E-state index in [1.165, 1.54) is 5.56 Å². The van der Waals surface area contributed by atoms with Gasteiger partial charge in [-0.2, -0.15) is 0 Å². The van der Waals surface area contributed by atoms with E-state index in [0.717, 1.165) is 47.8 Å². The molecule has 33 heavy (non-hydrogen) atoms. The average molecular weight is 437 g/mol. The number of benzene rings is 4. The van der Waals surface area contributed by atoms with E-state index in [2.05, 4.69) is 35.8 Å². The molecule has 0 spiro atoms. The maximum Gasteiger partial charge on any atom is 0.166 e. The molecule has 0 aliphatic carbocycles. The third kappa shape index (κ3) is 5.86. The molecule has 0 unspecified atom stereocenters. The summed E-state index contributed by atoms with van der Waals surface area (Å²) in [4.78, 5) is 0. The van der Waals surface area contributed by atoms with Crippen molar-refractivity contribution >= 4 is 10.8 Å². The van der Waals surface area contributed by atoms with Gasteiger partial charge in [0, 0.05) is 41.4 Å². The van der Waals surface area contributed by atoms with Crippen LogP contribution in [0.5, 0.6) is 0 Å². The summed E-state index contributed by atoms with van der Waals surface area (Å²) in [5.41, 5.74) is 4.76. The van der Waals surface area contributed by atoms with Crippen molar-refractivity contribution < 1.29 is 13.5 Å². The molecule has 4 aromatic carbocycles. The maximum atomic E-state index is 13.8. The number of ether oxygens (including phenoxy) is 1. The molecule has 0 radical (unpaired) electrons. The van der Waals surface area contributed by atoms with Crippen molar-refractivity contribution in [3.63, 3.8) is 0 Å². The topological polar surface area (TPSA) is 9.23 Å². The molecule has 0 heterocycles. The van der Waals surface area contributed by atoms with Gasteiger partial charge in [-0.25, -0.2) is 8.78 Å². The number of aryl methyl sites for hydroxylation is 1. The second-order valence-electron chi connectivity index (χ2n) is 7.67. The monoisotopic (exact) mass is 436 g/mol. The van der Waals surface area contributed by atoms with Crippen LogP contribution in [0.3, 0.4) is 0 Å². The van der Waals surface area contributed by atoms with Crippen molar-refractivity contribution in [3.05, 3.63) is 118 Å². The van der Waals surface area contributed by atoms with Crippen molar-refractivity contribution in [3.8, 4) is 23.7 Å². The third-order valence-corrected chi connectivity index (χ3v) is 5.26. The van der Waals surface area contributed by atoms with Crippen LogP contribution >= 0.6 is 0 Å². The lowest BCUT2D eigenvalue weighted by atomic mass is 10.1. The fourth-order valence-corrected chi connectivity index (χ4v) is 3.44. The molecule has 0 aliphatic heterocycles. The first-order chi connectivity index (χ1) is 16.1. The molecular weight excluding hydrogens is 414 g/mol. The smallest absolute Gasteiger partial charge is 0.166 e. The molecule has 0 bridgehead atoms. The summed E-state index contributed by atoms with van der Waals surface area (Å²) in [5, 5.41) is 0.874. The molecule has 0 fully saturated rings. The lowest BCUT2D eigenvalue weighted by Gasteiger charge is -2.01. The van der Waals surface area contributed by atoms with Crippen molar-refractivity contribution in [2.24, 2.45) is 0 Å². The normalized spacial score (nSPS) is 10.3. The van der Waals surface area contributed by atoms with Crippen LogP contribution in [0.15, 0.2) is 78.9 Å². The van der Waals surface area contributed by atoms with E-state index in [4.69, 9.17) is 4.74 Å². The lowest BCUT2D eigenvalue weighted by molar-refractivity contribution is 0.195. The lowest BCUT2D eigenvalue weighted by Crippen LogP contribution is -1.92. The fourth-order valence-electron chi connectivity index (χ4n) is 3.44. The summed E-state index contributed by atoms with van der Waals surface area (Å²) in [6, 6.07) is 23.7. The summed E-state index contributed by atoms with van der Waals surface area (Å²) in [6.07, 6.45) is 2.01. The van der Waals surface area contributed by atoms with E-state index in [1.807, 2.05) is 36.4 Å². The van der Waals surface area contributed by atoms with Crippen LogP contribution in [-0.2, 0) is 11.2 Å². The Morgan fingerprint density at radius 2 is 1.21 bits per heavy atom. The Morgan fingerprint density at radius 1 is 0.667 bits per heavy atom. The first kappa shape index (κ1) is 22.3. The van der Waals surface area contributed by atoms with Gasteiger partial charge in [0.25, 0.3) is 0 Å². The van der Waals surface area contributed by atoms with Gasteiger partial charge in [0.1, 0.15) is 0 Å². The molecule has 162 valence electrons. The van der Waals surface area contributed by atoms with Gasteiger partial charge >= 0.3 is 0 Å². The van der Waals surface area contributed by atoms with Gasteiger partial charge < -0.3 is 4.74 Å². The molecule has 1 nitrogen and oxygen atoms in total. The van der Waals surface area contributed by atoms with Crippen molar-refractivity contribution in [1.29, 1.82) is 0 Å². The molecule has 3 heteroatoms. The Hall–Kier alpha value is -3.92. The average Bonchev–Trinajstić information content (AvgIpc) is 2.85. The summed E-state index contributed by atoms with van der Waals surface area (Å²) < 4.78 is 32.3. The van der Waals surface area contributed by atoms with E-state index in [9.17, 15) is 8.78 Å². The predicted octanol–water partition coefficient (Wildman–Crippen LogP) is 6.50. The first-order valence-electron chi connectivity index (χ1n) is 10.7. The summed E-state index contributed by atoms with van der Waals surface area (Å²) >= 11 is 0. The first-order valence-corrected chi connectivity index (χ1v) is 10.7. The number of halogens is 2. The highest BCUT2D eigenvalue weighted by molar-refractivity contribution is 5.84. The van der Waals surface area contributed by atoms with Gasteiger partial charge in [0.05, 0.1) is 0 Å². The zero-order valence-corrected chi connectivity index (χ0v) is 18.3. The second kappa shape index (κ2) is 10.6. The summed E-state index contributed by atoms with van der Waals surface area (Å²) in [5.74, 6) is 10.9. The molecule has 0 amide bonds. The van der Waals surface area contributed by atoms with E-state index in [-0.39, 0.29) is 5.39 Å². The zero-order chi connectivity index (χ0) is 23.0. The Morgan fingerprint density at radius 3 is 1.82 bits per heavy atom. The highest BCUT2D eigenvalue weighted by atomic mass is 19.2. The van der Waals surface area contributed by atoms with Gasteiger partial charge in [-0.15, -0.1) is 0 Å². The van der Waals surface area contributed by atoms with Gasteiger partial charge in [-0.1, -0.05) is 47.9 Å². The summed E-state index contributed by atoms with van der Waals surface area (Å²) in [6.45, 7) is 0.769. The number of hydrogen-bond acceptors (Lipinski definition) is 1. The van der Waals surface area contributed by atoms with Crippen LogP contribution < -0.4 is 0 Å². The minimum atomic E-state index is -0.848. The number of methoxy groups -OCH3 is 1. The van der Waals surface area contributed by atoms with Crippen LogP contribution in [0.1, 0.15) is 34.2 Å². The molecular formula is C30H22F2O. The van der Waals surface area contributed by atoms with E-state index < -0.39 is 11.6 Å². The Kier molecular flexibility index (Phi) is 7.16. The molecule has 0 aliphatic rings. The SMILES string of the molecule is COCCCc1ccc(C#Cc2ccc(C#Cc3ccc4c(F)c(F)ccc4c3)cc2)cc1. The molecule has 0 saturated heterocycles. The third-order valence-electron chi connectivity index (χ3n) is 5.26. The largest absolute Gasteiger partial charge is 0.385 e. The second-order valence-corrected chi connectivity index (χ2v) is 7.67. The van der Waals surface area contributed by atoms with E-state index in [1.54, 1.807) is 31.4 Å². The fraction of sp³-hybridized carbons (Fsp3) is 0.133. The number of hydrogen-bond donors (Lipinski definition) is 0. The van der Waals surface area contributed by atoms with Crippen LogP contribution in [0.4, 0.5) is 8.78 Å². The van der Waals surface area contributed by atoms with E-state index >= 15 is 0 Å². The molecule has 0 saturated carbocycles. The molecule has 0 N–H and O–H groups in total. The minimum Gasteiger partial charge on any atom is -0.385 e. The van der Waals surface area contributed by atoms with Crippen LogP contribution in [-0.4, -0.2) is 13.7 Å². The number of rotatable bonds is 4. The Balaban J connectivity index is 1.42. The van der Waals surface area contributed by atoms with Gasteiger partial charge in [0.2, 0.25) is 0 Å². The van der Waals surface area contributed by atoms with Gasteiger partial charge in [0.15, 0.2) is 11.6 Å². The van der Waals surface area contributed by atoms with Crippen molar-refractivity contribution in [1.82, 2.24) is 0 Å². The van der Waals surface area contributed by atoms with Crippen molar-refractivity contribution in [2.45, 2.75) is 12.8 Å². The van der Waals surface area contributed by atoms with Crippen LogP contribution in [0.25, 0.3) is 10.8 Å². The maximum absolute atomic E-state index is 13.8. The highest BCUT2D eigenvalue weighted by Gasteiger charge is 2.06.